The molecule has 0 aliphatic carbocycles. The molecule has 0 aromatic heterocycles. The van der Waals surface area contributed by atoms with Crippen molar-refractivity contribution in [1.29, 1.82) is 0 Å². The van der Waals surface area contributed by atoms with Crippen LogP contribution >= 0.6 is 10.8 Å². The highest BCUT2D eigenvalue weighted by Crippen LogP contribution is 2.19. The third-order valence-electron chi connectivity index (χ3n) is 0.577. The Kier molecular flexibility index (Phi) is 5.04. The first-order valence-corrected chi connectivity index (χ1v) is 5.15. The van der Waals surface area contributed by atoms with Crippen LogP contribution in [0.3, 0.4) is 0 Å². The van der Waals surface area contributed by atoms with Gasteiger partial charge < -0.3 is 4.55 Å². The van der Waals surface area contributed by atoms with Crippen LogP contribution in [-0.2, 0) is 10.2 Å². The predicted octanol–water partition coefficient (Wildman–Crippen LogP) is 2.10. The molecule has 0 aromatic rings. The molecule has 9 heavy (non-hydrogen) atoms. The maximum absolute atomic E-state index is 10.8. The van der Waals surface area contributed by atoms with E-state index in [2.05, 4.69) is 13.2 Å². The molecular formula is C6H10OS2. The zero-order valence-corrected chi connectivity index (χ0v) is 7.06. The van der Waals surface area contributed by atoms with Gasteiger partial charge in [-0.15, -0.1) is 6.58 Å². The highest BCUT2D eigenvalue weighted by Gasteiger charge is 2.06. The van der Waals surface area contributed by atoms with E-state index in [4.69, 9.17) is 0 Å². The lowest BCUT2D eigenvalue weighted by molar-refractivity contribution is 0.615. The lowest BCUT2D eigenvalue weighted by Crippen LogP contribution is -1.93. The third-order valence-corrected chi connectivity index (χ3v) is 3.64. The fourth-order valence-corrected chi connectivity index (χ4v) is 1.89. The minimum atomic E-state index is -0.921. The maximum atomic E-state index is 10.8. The van der Waals surface area contributed by atoms with E-state index in [1.54, 1.807) is 13.0 Å². The average Bonchev–Trinajstić information content (AvgIpc) is 1.82. The first kappa shape index (κ1) is 9.14. The average molecular weight is 162 g/mol. The van der Waals surface area contributed by atoms with E-state index in [0.717, 1.165) is 5.75 Å². The van der Waals surface area contributed by atoms with E-state index in [1.807, 2.05) is 0 Å². The summed E-state index contributed by atoms with van der Waals surface area (Å²) in [6.45, 7) is 8.82. The van der Waals surface area contributed by atoms with Gasteiger partial charge in [0.05, 0.1) is 26.8 Å². The van der Waals surface area contributed by atoms with Crippen molar-refractivity contribution in [3.8, 4) is 0 Å². The van der Waals surface area contributed by atoms with E-state index in [1.165, 1.54) is 10.8 Å². The molecule has 0 radical (unpaired) electrons. The van der Waals surface area contributed by atoms with Gasteiger partial charge in [0.25, 0.3) is 0 Å². The highest BCUT2D eigenvalue weighted by molar-refractivity contribution is 8.73. The Labute approximate surface area is 62.8 Å². The van der Waals surface area contributed by atoms with Gasteiger partial charge in [0, 0.05) is 6.92 Å². The molecule has 0 heterocycles. The predicted molar refractivity (Wildman–Crippen MR) is 45.6 cm³/mol. The van der Waals surface area contributed by atoms with Crippen LogP contribution < -0.4 is 0 Å². The molecule has 1 nitrogen and oxygen atoms in total. The summed E-state index contributed by atoms with van der Waals surface area (Å²) < 4.78 is 10.8. The maximum Gasteiger partial charge on any atom is 0.132 e. The molecule has 3 heteroatoms. The molecule has 1 unspecified atom stereocenters. The van der Waals surface area contributed by atoms with Crippen LogP contribution in [-0.4, -0.2) is 10.3 Å². The van der Waals surface area contributed by atoms with Crippen molar-refractivity contribution >= 4 is 21.0 Å². The molecule has 0 bridgehead atoms. The smallest absolute Gasteiger partial charge is 0.132 e. The molecular weight excluding hydrogens is 152 g/mol. The van der Waals surface area contributed by atoms with Gasteiger partial charge >= 0.3 is 0 Å². The van der Waals surface area contributed by atoms with Gasteiger partial charge in [-0.05, 0) is 6.58 Å². The van der Waals surface area contributed by atoms with E-state index >= 15 is 0 Å². The molecule has 0 aromatic carbocycles. The van der Waals surface area contributed by atoms with E-state index in [0.29, 0.717) is 4.91 Å². The van der Waals surface area contributed by atoms with Gasteiger partial charge in [-0.1, -0.05) is 6.08 Å². The molecule has 0 aliphatic rings. The van der Waals surface area contributed by atoms with E-state index in [9.17, 15) is 4.55 Å². The first-order chi connectivity index (χ1) is 4.18. The molecule has 0 saturated carbocycles. The van der Waals surface area contributed by atoms with Crippen molar-refractivity contribution in [2.45, 2.75) is 6.92 Å². The number of allylic oxidation sites excluding steroid dienone is 1. The second kappa shape index (κ2) is 4.97. The number of hydrogen-bond donors (Lipinski definition) is 0. The standard InChI is InChI=1S/C6H10OS2/c1-4-5-8-9(7)6(2)3/h4H,1-2,5H2,3H3. The Balaban J connectivity index is 3.37. The minimum Gasteiger partial charge on any atom is -0.600 e. The van der Waals surface area contributed by atoms with Crippen molar-refractivity contribution < 1.29 is 4.55 Å². The molecule has 0 saturated heterocycles. The summed E-state index contributed by atoms with van der Waals surface area (Å²) >= 11 is 0. The van der Waals surface area contributed by atoms with Gasteiger partial charge in [0.1, 0.15) is 4.91 Å². The van der Waals surface area contributed by atoms with Gasteiger partial charge in [0.15, 0.2) is 0 Å². The SMILES string of the molecule is C=CCS[S+]([O-])C(=C)C. The van der Waals surface area contributed by atoms with Gasteiger partial charge in [-0.25, -0.2) is 0 Å². The summed E-state index contributed by atoms with van der Waals surface area (Å²) in [4.78, 5) is 0.710. The molecule has 0 fully saturated rings. The monoisotopic (exact) mass is 162 g/mol. The molecule has 52 valence electrons. The zero-order chi connectivity index (χ0) is 7.28. The van der Waals surface area contributed by atoms with Gasteiger partial charge in [0.2, 0.25) is 0 Å². The normalized spacial score (nSPS) is 12.7. The van der Waals surface area contributed by atoms with Crippen molar-refractivity contribution in [2.75, 3.05) is 5.75 Å². The summed E-state index contributed by atoms with van der Waals surface area (Å²) in [5.41, 5.74) is 0. The molecule has 0 amide bonds. The van der Waals surface area contributed by atoms with E-state index in [-0.39, 0.29) is 0 Å². The lowest BCUT2D eigenvalue weighted by atomic mass is 10.8. The van der Waals surface area contributed by atoms with Crippen LogP contribution in [0.5, 0.6) is 0 Å². The summed E-state index contributed by atoms with van der Waals surface area (Å²) in [5.74, 6) is 0.722. The number of rotatable bonds is 4. The van der Waals surface area contributed by atoms with Crippen molar-refractivity contribution in [1.82, 2.24) is 0 Å². The molecule has 1 atom stereocenters. The fourth-order valence-electron chi connectivity index (χ4n) is 0.211. The zero-order valence-electron chi connectivity index (χ0n) is 5.42. The van der Waals surface area contributed by atoms with Crippen molar-refractivity contribution in [3.63, 3.8) is 0 Å². The summed E-state index contributed by atoms with van der Waals surface area (Å²) in [6, 6.07) is 0. The molecule has 0 N–H and O–H groups in total. The van der Waals surface area contributed by atoms with E-state index < -0.39 is 10.2 Å². The third kappa shape index (κ3) is 4.63. The Morgan fingerprint density at radius 1 is 1.89 bits per heavy atom. The molecule has 0 rings (SSSR count). The summed E-state index contributed by atoms with van der Waals surface area (Å²) in [5, 5.41) is 0. The summed E-state index contributed by atoms with van der Waals surface area (Å²) in [7, 11) is 0.418. The highest BCUT2D eigenvalue weighted by atomic mass is 33.1. The molecule has 0 aliphatic heterocycles. The Morgan fingerprint density at radius 2 is 2.44 bits per heavy atom. The Hall–Kier alpha value is 0.140. The van der Waals surface area contributed by atoms with Crippen LogP contribution in [0.4, 0.5) is 0 Å². The van der Waals surface area contributed by atoms with Crippen molar-refractivity contribution in [3.05, 3.63) is 24.1 Å². The first-order valence-electron chi connectivity index (χ1n) is 2.50. The van der Waals surface area contributed by atoms with Crippen LogP contribution in [0, 0.1) is 0 Å². The quantitative estimate of drug-likeness (QED) is 0.359. The van der Waals surface area contributed by atoms with Crippen molar-refractivity contribution in [2.24, 2.45) is 0 Å². The van der Waals surface area contributed by atoms with Crippen LogP contribution in [0.15, 0.2) is 24.1 Å². The summed E-state index contributed by atoms with van der Waals surface area (Å²) in [6.07, 6.45) is 1.73. The van der Waals surface area contributed by atoms with Gasteiger partial charge in [-0.2, -0.15) is 0 Å². The Bertz CT molecular complexity index is 112. The van der Waals surface area contributed by atoms with Crippen LogP contribution in [0.1, 0.15) is 6.92 Å². The van der Waals surface area contributed by atoms with Crippen LogP contribution in [0.2, 0.25) is 0 Å². The topological polar surface area (TPSA) is 23.1 Å². The second-order valence-electron chi connectivity index (χ2n) is 1.51. The van der Waals surface area contributed by atoms with Gasteiger partial charge in [-0.3, -0.25) is 0 Å². The minimum absolute atomic E-state index is 0.710. The second-order valence-corrected chi connectivity index (χ2v) is 4.86. The number of hydrogen-bond acceptors (Lipinski definition) is 2. The lowest BCUT2D eigenvalue weighted by Gasteiger charge is -2.03. The fraction of sp³-hybridized carbons (Fsp3) is 0.333. The van der Waals surface area contributed by atoms with Crippen LogP contribution in [0.25, 0.3) is 0 Å². The largest absolute Gasteiger partial charge is 0.600 e. The molecule has 0 spiro atoms. The Morgan fingerprint density at radius 3 is 2.78 bits per heavy atom.